The number of amides is 1. The van der Waals surface area contributed by atoms with Crippen molar-refractivity contribution in [1.29, 1.82) is 0 Å². The smallest absolute Gasteiger partial charge is 0.234 e. The van der Waals surface area contributed by atoms with Crippen LogP contribution in [-0.4, -0.2) is 26.4 Å². The Morgan fingerprint density at radius 2 is 1.76 bits per heavy atom. The third-order valence-corrected chi connectivity index (χ3v) is 5.56. The number of furan rings is 1. The summed E-state index contributed by atoms with van der Waals surface area (Å²) in [5.41, 5.74) is 3.92. The number of benzene rings is 2. The highest BCUT2D eigenvalue weighted by Crippen LogP contribution is 2.26. The molecule has 1 amide bonds. The lowest BCUT2D eigenvalue weighted by atomic mass is 10.1. The lowest BCUT2D eigenvalue weighted by Crippen LogP contribution is -2.14. The first kappa shape index (κ1) is 19.0. The summed E-state index contributed by atoms with van der Waals surface area (Å²) < 4.78 is 7.20. The van der Waals surface area contributed by atoms with Gasteiger partial charge < -0.3 is 14.3 Å². The molecular formula is C22H20N4O2S. The number of thioether (sulfide) groups is 1. The fourth-order valence-electron chi connectivity index (χ4n) is 3.00. The molecule has 0 radical (unpaired) electrons. The second-order valence-corrected chi connectivity index (χ2v) is 7.48. The Labute approximate surface area is 173 Å². The van der Waals surface area contributed by atoms with Crippen LogP contribution in [0.3, 0.4) is 0 Å². The predicted molar refractivity (Wildman–Crippen MR) is 115 cm³/mol. The van der Waals surface area contributed by atoms with Gasteiger partial charge in [-0.25, -0.2) is 0 Å². The summed E-state index contributed by atoms with van der Waals surface area (Å²) >= 11 is 1.35. The zero-order valence-electron chi connectivity index (χ0n) is 16.1. The van der Waals surface area contributed by atoms with Gasteiger partial charge in [0.1, 0.15) is 5.76 Å². The van der Waals surface area contributed by atoms with Gasteiger partial charge in [-0.1, -0.05) is 54.2 Å². The van der Waals surface area contributed by atoms with Crippen LogP contribution in [0.4, 0.5) is 5.69 Å². The van der Waals surface area contributed by atoms with Crippen molar-refractivity contribution in [2.75, 3.05) is 11.1 Å². The van der Waals surface area contributed by atoms with Gasteiger partial charge in [-0.3, -0.25) is 4.79 Å². The van der Waals surface area contributed by atoms with Crippen LogP contribution in [0.5, 0.6) is 0 Å². The summed E-state index contributed by atoms with van der Waals surface area (Å²) in [4.78, 5) is 12.3. The van der Waals surface area contributed by atoms with E-state index in [9.17, 15) is 4.79 Å². The van der Waals surface area contributed by atoms with Crippen LogP contribution in [0.25, 0.3) is 22.5 Å². The summed E-state index contributed by atoms with van der Waals surface area (Å²) in [6, 6.07) is 19.8. The Balaban J connectivity index is 1.36. The van der Waals surface area contributed by atoms with Gasteiger partial charge in [0.25, 0.3) is 0 Å². The summed E-state index contributed by atoms with van der Waals surface area (Å²) in [6.45, 7) is 1.88. The molecule has 1 N–H and O–H groups in total. The van der Waals surface area contributed by atoms with E-state index in [2.05, 4.69) is 27.6 Å². The standard InChI is InChI=1S/C22H20N4O2S/c1-15-19(12-13-28-15)21-24-25-22(26(21)2)29-14-20(27)23-18-10-8-17(9-11-18)16-6-4-3-5-7-16/h3-13H,14H2,1-2H3,(H,23,27). The van der Waals surface area contributed by atoms with E-state index in [1.54, 1.807) is 6.26 Å². The predicted octanol–water partition coefficient (Wildman–Crippen LogP) is 4.78. The third kappa shape index (κ3) is 4.25. The zero-order chi connectivity index (χ0) is 20.2. The van der Waals surface area contributed by atoms with Crippen LogP contribution in [-0.2, 0) is 11.8 Å². The minimum absolute atomic E-state index is 0.0912. The topological polar surface area (TPSA) is 72.9 Å². The highest BCUT2D eigenvalue weighted by molar-refractivity contribution is 7.99. The molecule has 2 aromatic heterocycles. The molecule has 7 heteroatoms. The fourth-order valence-corrected chi connectivity index (χ4v) is 3.71. The van der Waals surface area contributed by atoms with E-state index >= 15 is 0 Å². The molecule has 0 fully saturated rings. The van der Waals surface area contributed by atoms with Crippen molar-refractivity contribution in [1.82, 2.24) is 14.8 Å². The van der Waals surface area contributed by atoms with Gasteiger partial charge in [0.15, 0.2) is 11.0 Å². The van der Waals surface area contributed by atoms with Gasteiger partial charge in [-0.05, 0) is 36.2 Å². The SMILES string of the molecule is Cc1occc1-c1nnc(SCC(=O)Nc2ccc(-c3ccccc3)cc2)n1C. The minimum Gasteiger partial charge on any atom is -0.469 e. The molecule has 0 spiro atoms. The van der Waals surface area contributed by atoms with Gasteiger partial charge in [0.2, 0.25) is 5.91 Å². The monoisotopic (exact) mass is 404 g/mol. The van der Waals surface area contributed by atoms with E-state index in [4.69, 9.17) is 4.42 Å². The van der Waals surface area contributed by atoms with Crippen LogP contribution in [0, 0.1) is 6.92 Å². The number of nitrogens with one attached hydrogen (secondary N) is 1. The molecule has 4 aromatic rings. The second-order valence-electron chi connectivity index (χ2n) is 6.54. The van der Waals surface area contributed by atoms with Crippen molar-refractivity contribution in [3.63, 3.8) is 0 Å². The quantitative estimate of drug-likeness (QED) is 0.468. The van der Waals surface area contributed by atoms with Crippen LogP contribution >= 0.6 is 11.8 Å². The molecule has 0 saturated carbocycles. The Kier molecular flexibility index (Phi) is 5.48. The van der Waals surface area contributed by atoms with Gasteiger partial charge in [-0.15, -0.1) is 10.2 Å². The first-order chi connectivity index (χ1) is 14.1. The Morgan fingerprint density at radius 3 is 2.45 bits per heavy atom. The summed E-state index contributed by atoms with van der Waals surface area (Å²) in [7, 11) is 1.88. The molecule has 0 saturated heterocycles. The Hall–Kier alpha value is -3.32. The Morgan fingerprint density at radius 1 is 1.03 bits per heavy atom. The normalized spacial score (nSPS) is 10.8. The number of nitrogens with zero attached hydrogens (tertiary/aromatic N) is 3. The number of carbonyl (C=O) groups excluding carboxylic acids is 1. The largest absolute Gasteiger partial charge is 0.469 e. The van der Waals surface area contributed by atoms with Crippen LogP contribution in [0.15, 0.2) is 76.5 Å². The van der Waals surface area contributed by atoms with Gasteiger partial charge in [0.05, 0.1) is 17.6 Å². The maximum atomic E-state index is 12.3. The van der Waals surface area contributed by atoms with E-state index in [0.717, 1.165) is 34.0 Å². The van der Waals surface area contributed by atoms with Crippen molar-refractivity contribution in [2.45, 2.75) is 12.1 Å². The van der Waals surface area contributed by atoms with E-state index in [0.29, 0.717) is 5.16 Å². The van der Waals surface area contributed by atoms with Crippen molar-refractivity contribution in [2.24, 2.45) is 7.05 Å². The first-order valence-corrected chi connectivity index (χ1v) is 10.1. The molecule has 2 heterocycles. The van der Waals surface area contributed by atoms with Crippen LogP contribution in [0.2, 0.25) is 0 Å². The van der Waals surface area contributed by atoms with Crippen molar-refractivity contribution < 1.29 is 9.21 Å². The number of aromatic nitrogens is 3. The Bertz CT molecular complexity index is 1120. The molecule has 0 aliphatic rings. The summed E-state index contributed by atoms with van der Waals surface area (Å²) in [5, 5.41) is 12.0. The molecule has 0 atom stereocenters. The molecular weight excluding hydrogens is 384 g/mol. The molecule has 6 nitrogen and oxygen atoms in total. The van der Waals surface area contributed by atoms with E-state index in [-0.39, 0.29) is 11.7 Å². The molecule has 0 aliphatic carbocycles. The first-order valence-electron chi connectivity index (χ1n) is 9.14. The lowest BCUT2D eigenvalue weighted by Gasteiger charge is -2.07. The molecule has 29 heavy (non-hydrogen) atoms. The highest BCUT2D eigenvalue weighted by Gasteiger charge is 2.15. The second kappa shape index (κ2) is 8.36. The molecule has 4 rings (SSSR count). The average molecular weight is 404 g/mol. The van der Waals surface area contributed by atoms with Crippen LogP contribution < -0.4 is 5.32 Å². The summed E-state index contributed by atoms with van der Waals surface area (Å²) in [6.07, 6.45) is 1.63. The maximum Gasteiger partial charge on any atom is 0.234 e. The van der Waals surface area contributed by atoms with Gasteiger partial charge in [-0.2, -0.15) is 0 Å². The molecule has 0 aliphatic heterocycles. The van der Waals surface area contributed by atoms with Crippen molar-refractivity contribution >= 4 is 23.4 Å². The fraction of sp³-hybridized carbons (Fsp3) is 0.136. The van der Waals surface area contributed by atoms with Crippen molar-refractivity contribution in [3.05, 3.63) is 72.7 Å². The lowest BCUT2D eigenvalue weighted by molar-refractivity contribution is -0.113. The van der Waals surface area contributed by atoms with E-state index in [1.807, 2.05) is 67.1 Å². The van der Waals surface area contributed by atoms with E-state index in [1.165, 1.54) is 11.8 Å². The summed E-state index contributed by atoms with van der Waals surface area (Å²) in [5.74, 6) is 1.66. The zero-order valence-corrected chi connectivity index (χ0v) is 16.9. The number of anilines is 1. The van der Waals surface area contributed by atoms with Crippen LogP contribution in [0.1, 0.15) is 5.76 Å². The number of aryl methyl sites for hydroxylation is 1. The molecule has 0 bridgehead atoms. The number of carbonyl (C=O) groups is 1. The van der Waals surface area contributed by atoms with Crippen molar-refractivity contribution in [3.8, 4) is 22.5 Å². The van der Waals surface area contributed by atoms with Gasteiger partial charge in [0, 0.05) is 12.7 Å². The number of hydrogen-bond acceptors (Lipinski definition) is 5. The molecule has 146 valence electrons. The van der Waals surface area contributed by atoms with Gasteiger partial charge >= 0.3 is 0 Å². The number of hydrogen-bond donors (Lipinski definition) is 1. The average Bonchev–Trinajstić information content (AvgIpc) is 3.32. The third-order valence-electron chi connectivity index (χ3n) is 4.54. The maximum absolute atomic E-state index is 12.3. The molecule has 2 aromatic carbocycles. The number of rotatable bonds is 6. The minimum atomic E-state index is -0.0912. The molecule has 0 unspecified atom stereocenters. The van der Waals surface area contributed by atoms with E-state index < -0.39 is 0 Å². The highest BCUT2D eigenvalue weighted by atomic mass is 32.2.